The summed E-state index contributed by atoms with van der Waals surface area (Å²) in [5, 5.41) is 10.7. The summed E-state index contributed by atoms with van der Waals surface area (Å²) >= 11 is 0. The van der Waals surface area contributed by atoms with Crippen molar-refractivity contribution in [2.45, 2.75) is 19.4 Å². The van der Waals surface area contributed by atoms with Gasteiger partial charge in [0, 0.05) is 57.1 Å². The molecular formula is C27H33N9O. The molecule has 1 aliphatic heterocycles. The maximum Gasteiger partial charge on any atom is 0.252 e. The van der Waals surface area contributed by atoms with Gasteiger partial charge in [0.05, 0.1) is 39.5 Å². The Bertz CT molecular complexity index is 1480. The Hall–Kier alpha value is -4.31. The van der Waals surface area contributed by atoms with E-state index in [1.165, 1.54) is 17.3 Å². The Labute approximate surface area is 216 Å². The van der Waals surface area contributed by atoms with E-state index in [1.807, 2.05) is 33.3 Å². The number of nitrogens with zero attached hydrogens (tertiary/aromatic N) is 4. The number of hydrogen-bond acceptors (Lipinski definition) is 8. The van der Waals surface area contributed by atoms with Gasteiger partial charge in [-0.3, -0.25) is 4.79 Å². The molecule has 10 heteroatoms. The van der Waals surface area contributed by atoms with Crippen LogP contribution in [0.5, 0.6) is 0 Å². The standard InChI is InChI=1S/C27H33N9O/c1-30-9-11-35(3)23-13-21(31-2)22(12-20(23)28)33-27-32-14-18(26(29)37)24(34-27)19-15-36-10-5-7-16-6-4-8-17(19)25(16)36/h4,6,8,12-15,30-31H,5,7,9-11,28H2,1-3H3,(H2,29,37)(H,32,33,34). The first-order chi connectivity index (χ1) is 17.9. The lowest BCUT2D eigenvalue weighted by atomic mass is 10.0. The number of nitrogens with two attached hydrogens (primary N) is 2. The lowest BCUT2D eigenvalue weighted by Gasteiger charge is -2.23. The van der Waals surface area contributed by atoms with Crippen LogP contribution in [0.3, 0.4) is 0 Å². The van der Waals surface area contributed by atoms with Gasteiger partial charge < -0.3 is 36.9 Å². The summed E-state index contributed by atoms with van der Waals surface area (Å²) in [4.78, 5) is 23.6. The molecule has 10 nitrogen and oxygen atoms in total. The second kappa shape index (κ2) is 9.98. The normalized spacial score (nSPS) is 12.5. The van der Waals surface area contributed by atoms with Crippen LogP contribution in [0.1, 0.15) is 22.3 Å². The van der Waals surface area contributed by atoms with Gasteiger partial charge in [0.1, 0.15) is 0 Å². The fraction of sp³-hybridized carbons (Fsp3) is 0.296. The van der Waals surface area contributed by atoms with Crippen LogP contribution in [-0.2, 0) is 13.0 Å². The van der Waals surface area contributed by atoms with Crippen molar-refractivity contribution < 1.29 is 4.79 Å². The third kappa shape index (κ3) is 4.51. The van der Waals surface area contributed by atoms with E-state index in [4.69, 9.17) is 16.5 Å². The fourth-order valence-corrected chi connectivity index (χ4v) is 5.04. The van der Waals surface area contributed by atoms with Gasteiger partial charge in [-0.1, -0.05) is 18.2 Å². The van der Waals surface area contributed by atoms with Crippen LogP contribution in [-0.4, -0.2) is 54.7 Å². The first kappa shape index (κ1) is 24.4. The predicted octanol–water partition coefficient (Wildman–Crippen LogP) is 3.17. The van der Waals surface area contributed by atoms with Gasteiger partial charge in [-0.15, -0.1) is 0 Å². The van der Waals surface area contributed by atoms with E-state index in [0.717, 1.165) is 60.5 Å². The van der Waals surface area contributed by atoms with Gasteiger partial charge >= 0.3 is 0 Å². The number of nitrogens with one attached hydrogen (secondary N) is 3. The van der Waals surface area contributed by atoms with E-state index >= 15 is 0 Å². The number of para-hydroxylation sites is 1. The van der Waals surface area contributed by atoms with Crippen molar-refractivity contribution in [3.8, 4) is 11.3 Å². The summed E-state index contributed by atoms with van der Waals surface area (Å²) in [7, 11) is 5.78. The average Bonchev–Trinajstić information content (AvgIpc) is 3.27. The van der Waals surface area contributed by atoms with Crippen LogP contribution in [0, 0.1) is 0 Å². The highest BCUT2D eigenvalue weighted by Crippen LogP contribution is 2.37. The molecule has 0 aliphatic carbocycles. The summed E-state index contributed by atoms with van der Waals surface area (Å²) in [6, 6.07) is 10.1. The minimum Gasteiger partial charge on any atom is -0.397 e. The number of carbonyl (C=O) groups is 1. The Balaban J connectivity index is 1.56. The smallest absolute Gasteiger partial charge is 0.252 e. The van der Waals surface area contributed by atoms with Crippen LogP contribution in [0.2, 0.25) is 0 Å². The molecule has 0 saturated carbocycles. The summed E-state index contributed by atoms with van der Waals surface area (Å²) in [5.74, 6) is -0.221. The number of nitrogen functional groups attached to an aromatic ring is 1. The van der Waals surface area contributed by atoms with Crippen LogP contribution in [0.15, 0.2) is 42.7 Å². The number of rotatable bonds is 9. The van der Waals surface area contributed by atoms with Gasteiger partial charge in [0.25, 0.3) is 5.91 Å². The van der Waals surface area contributed by atoms with Crippen molar-refractivity contribution in [2.24, 2.45) is 5.73 Å². The minimum absolute atomic E-state index is 0.282. The molecule has 192 valence electrons. The predicted molar refractivity (Wildman–Crippen MR) is 151 cm³/mol. The molecule has 2 aromatic carbocycles. The van der Waals surface area contributed by atoms with Crippen molar-refractivity contribution in [1.29, 1.82) is 0 Å². The minimum atomic E-state index is -0.567. The van der Waals surface area contributed by atoms with Gasteiger partial charge in [-0.2, -0.15) is 0 Å². The lowest BCUT2D eigenvalue weighted by Crippen LogP contribution is -2.27. The summed E-state index contributed by atoms with van der Waals surface area (Å²) in [5.41, 5.74) is 19.4. The maximum atomic E-state index is 12.4. The number of amides is 1. The van der Waals surface area contributed by atoms with Crippen LogP contribution in [0.25, 0.3) is 22.2 Å². The molecule has 3 heterocycles. The summed E-state index contributed by atoms with van der Waals surface area (Å²) < 4.78 is 2.24. The second-order valence-corrected chi connectivity index (χ2v) is 9.33. The Morgan fingerprint density at radius 1 is 1.22 bits per heavy atom. The number of benzene rings is 2. The molecule has 1 amide bonds. The van der Waals surface area contributed by atoms with Gasteiger partial charge in [-0.25, -0.2) is 9.97 Å². The van der Waals surface area contributed by atoms with Crippen LogP contribution >= 0.6 is 0 Å². The number of hydrogen-bond donors (Lipinski definition) is 5. The van der Waals surface area contributed by atoms with Gasteiger partial charge in [0.15, 0.2) is 0 Å². The number of primary amides is 1. The molecule has 5 rings (SSSR count). The zero-order valence-corrected chi connectivity index (χ0v) is 21.4. The SMILES string of the molecule is CNCCN(C)c1cc(NC)c(Nc2ncc(C(N)=O)c(-c3cn4c5c(cccc35)CCC4)n2)cc1N. The highest BCUT2D eigenvalue weighted by molar-refractivity contribution is 6.05. The molecule has 0 fully saturated rings. The quantitative estimate of drug-likeness (QED) is 0.221. The molecule has 0 radical (unpaired) electrons. The molecular weight excluding hydrogens is 466 g/mol. The number of aromatic nitrogens is 3. The molecule has 37 heavy (non-hydrogen) atoms. The van der Waals surface area contributed by atoms with E-state index in [9.17, 15) is 4.79 Å². The largest absolute Gasteiger partial charge is 0.397 e. The second-order valence-electron chi connectivity index (χ2n) is 9.33. The highest BCUT2D eigenvalue weighted by Gasteiger charge is 2.22. The van der Waals surface area contributed by atoms with E-state index < -0.39 is 5.91 Å². The monoisotopic (exact) mass is 499 g/mol. The van der Waals surface area contributed by atoms with Crippen LogP contribution < -0.4 is 32.3 Å². The highest BCUT2D eigenvalue weighted by atomic mass is 16.1. The van der Waals surface area contributed by atoms with Crippen molar-refractivity contribution in [3.05, 3.63) is 53.9 Å². The average molecular weight is 500 g/mol. The zero-order valence-electron chi connectivity index (χ0n) is 21.4. The van der Waals surface area contributed by atoms with Crippen molar-refractivity contribution in [1.82, 2.24) is 19.9 Å². The molecule has 0 unspecified atom stereocenters. The van der Waals surface area contributed by atoms with E-state index in [2.05, 4.69) is 54.8 Å². The molecule has 0 spiro atoms. The third-order valence-electron chi connectivity index (χ3n) is 6.93. The first-order valence-electron chi connectivity index (χ1n) is 12.4. The number of anilines is 5. The maximum absolute atomic E-state index is 12.4. The Morgan fingerprint density at radius 3 is 2.81 bits per heavy atom. The van der Waals surface area contributed by atoms with Crippen molar-refractivity contribution in [2.75, 3.05) is 55.5 Å². The Morgan fingerprint density at radius 2 is 2.05 bits per heavy atom. The molecule has 0 saturated heterocycles. The topological polar surface area (TPSA) is 139 Å². The van der Waals surface area contributed by atoms with Gasteiger partial charge in [-0.05, 0) is 37.6 Å². The first-order valence-corrected chi connectivity index (χ1v) is 12.4. The number of aryl methyl sites for hydroxylation is 2. The van der Waals surface area contributed by atoms with E-state index in [1.54, 1.807) is 0 Å². The zero-order chi connectivity index (χ0) is 26.1. The molecule has 7 N–H and O–H groups in total. The number of carbonyl (C=O) groups excluding carboxylic acids is 1. The number of likely N-dealkylation sites (N-methyl/N-ethyl adjacent to an activating group) is 2. The summed E-state index contributed by atoms with van der Waals surface area (Å²) in [6.45, 7) is 2.58. The van der Waals surface area contributed by atoms with Gasteiger partial charge in [0.2, 0.25) is 5.95 Å². The molecule has 4 aromatic rings. The fourth-order valence-electron chi connectivity index (χ4n) is 5.04. The van der Waals surface area contributed by atoms with Crippen LogP contribution in [0.4, 0.5) is 28.7 Å². The van der Waals surface area contributed by atoms with E-state index in [-0.39, 0.29) is 5.56 Å². The van der Waals surface area contributed by atoms with Crippen molar-refractivity contribution in [3.63, 3.8) is 0 Å². The lowest BCUT2D eigenvalue weighted by molar-refractivity contribution is 0.100. The third-order valence-corrected chi connectivity index (χ3v) is 6.93. The molecule has 0 bridgehead atoms. The van der Waals surface area contributed by atoms with E-state index in [0.29, 0.717) is 17.3 Å². The Kier molecular flexibility index (Phi) is 6.58. The summed E-state index contributed by atoms with van der Waals surface area (Å²) in [6.07, 6.45) is 5.67. The molecule has 0 atom stereocenters. The van der Waals surface area contributed by atoms with Crippen molar-refractivity contribution >= 4 is 45.5 Å². The molecule has 2 aromatic heterocycles. The molecule has 1 aliphatic rings.